The lowest BCUT2D eigenvalue weighted by atomic mass is 10.1. The molecule has 0 saturated heterocycles. The third kappa shape index (κ3) is 4.98. The summed E-state index contributed by atoms with van der Waals surface area (Å²) in [4.78, 5) is 11.7. The summed E-state index contributed by atoms with van der Waals surface area (Å²) in [6.07, 6.45) is 1.74. The van der Waals surface area contributed by atoms with Crippen LogP contribution >= 0.6 is 0 Å². The van der Waals surface area contributed by atoms with Gasteiger partial charge in [0.05, 0.1) is 12.1 Å². The first kappa shape index (κ1) is 16.2. The van der Waals surface area contributed by atoms with Gasteiger partial charge in [-0.15, -0.1) is 0 Å². The van der Waals surface area contributed by atoms with Gasteiger partial charge in [-0.3, -0.25) is 10.2 Å². The van der Waals surface area contributed by atoms with Gasteiger partial charge in [-0.25, -0.2) is 0 Å². The van der Waals surface area contributed by atoms with Crippen LogP contribution in [0.4, 0.5) is 18.9 Å². The second-order valence-electron chi connectivity index (χ2n) is 5.08. The minimum atomic E-state index is -4.39. The Morgan fingerprint density at radius 3 is 2.73 bits per heavy atom. The summed E-state index contributed by atoms with van der Waals surface area (Å²) >= 11 is 0. The highest BCUT2D eigenvalue weighted by Crippen LogP contribution is 2.30. The third-order valence-corrected chi connectivity index (χ3v) is 3.30. The van der Waals surface area contributed by atoms with Gasteiger partial charge in [0.1, 0.15) is 0 Å². The molecule has 1 aromatic rings. The molecule has 0 radical (unpaired) electrons. The summed E-state index contributed by atoms with van der Waals surface area (Å²) in [5.41, 5.74) is 5.84. The molecule has 2 rings (SSSR count). The topological polar surface area (TPSA) is 53.2 Å². The minimum Gasteiger partial charge on any atom is -0.376 e. The summed E-state index contributed by atoms with van der Waals surface area (Å²) in [7, 11) is 0. The van der Waals surface area contributed by atoms with Crippen LogP contribution in [0, 0.1) is 0 Å². The Balaban J connectivity index is 1.80. The van der Waals surface area contributed by atoms with Gasteiger partial charge in [-0.1, -0.05) is 12.1 Å². The summed E-state index contributed by atoms with van der Waals surface area (Å²) < 4.78 is 37.7. The molecule has 1 aromatic carbocycles. The number of carbonyl (C=O) groups is 1. The predicted octanol–water partition coefficient (Wildman–Crippen LogP) is 3.20. The van der Waals surface area contributed by atoms with E-state index in [1.165, 1.54) is 12.1 Å². The number of hydrogen-bond acceptors (Lipinski definition) is 3. The van der Waals surface area contributed by atoms with Crippen molar-refractivity contribution in [1.82, 2.24) is 10.9 Å². The molecule has 0 bridgehead atoms. The summed E-state index contributed by atoms with van der Waals surface area (Å²) in [6.45, 7) is -0.110. The summed E-state index contributed by atoms with van der Waals surface area (Å²) in [6, 6.07) is 4.75. The van der Waals surface area contributed by atoms with Gasteiger partial charge in [-0.2, -0.15) is 13.2 Å². The lowest BCUT2D eigenvalue weighted by Gasteiger charge is -2.16. The van der Waals surface area contributed by atoms with Gasteiger partial charge >= 0.3 is 6.18 Å². The number of halogens is 3. The first-order chi connectivity index (χ1) is 10.4. The maximum Gasteiger partial charge on any atom is 0.416 e. The number of amides is 1. The normalized spacial score (nSPS) is 15.0. The Labute approximate surface area is 126 Å². The Kier molecular flexibility index (Phi) is 5.30. The van der Waals surface area contributed by atoms with E-state index in [2.05, 4.69) is 16.2 Å². The van der Waals surface area contributed by atoms with E-state index in [1.54, 1.807) is 0 Å². The van der Waals surface area contributed by atoms with Gasteiger partial charge in [-0.05, 0) is 43.9 Å². The third-order valence-electron chi connectivity index (χ3n) is 3.30. The van der Waals surface area contributed by atoms with E-state index in [9.17, 15) is 18.0 Å². The fraction of sp³-hybridized carbons (Fsp3) is 0.400. The molecular formula is C15H18F3N3O. The lowest BCUT2D eigenvalue weighted by Crippen LogP contribution is -2.40. The minimum absolute atomic E-state index is 0.110. The summed E-state index contributed by atoms with van der Waals surface area (Å²) in [5.74, 6) is -0.344. The van der Waals surface area contributed by atoms with E-state index in [4.69, 9.17) is 0 Å². The van der Waals surface area contributed by atoms with E-state index in [0.717, 1.165) is 43.5 Å². The van der Waals surface area contributed by atoms with Crippen LogP contribution in [0.5, 0.6) is 0 Å². The van der Waals surface area contributed by atoms with Crippen LogP contribution in [0.3, 0.4) is 0 Å². The number of allylic oxidation sites excluding steroid dienone is 2. The highest BCUT2D eigenvalue weighted by molar-refractivity contribution is 5.80. The van der Waals surface area contributed by atoms with Gasteiger partial charge in [0.15, 0.2) is 0 Å². The molecule has 0 fully saturated rings. The Hall–Kier alpha value is -2.18. The van der Waals surface area contributed by atoms with Crippen molar-refractivity contribution in [2.75, 3.05) is 11.9 Å². The zero-order valence-corrected chi connectivity index (χ0v) is 12.0. The van der Waals surface area contributed by atoms with Crippen LogP contribution < -0.4 is 16.2 Å². The molecule has 7 heteroatoms. The van der Waals surface area contributed by atoms with Crippen molar-refractivity contribution < 1.29 is 18.0 Å². The van der Waals surface area contributed by atoms with Crippen LogP contribution in [0.15, 0.2) is 36.0 Å². The maximum absolute atomic E-state index is 12.6. The van der Waals surface area contributed by atoms with E-state index >= 15 is 0 Å². The average Bonchev–Trinajstić information content (AvgIpc) is 2.51. The summed E-state index contributed by atoms with van der Waals surface area (Å²) in [5, 5.41) is 2.67. The highest BCUT2D eigenvalue weighted by Gasteiger charge is 2.30. The van der Waals surface area contributed by atoms with E-state index < -0.39 is 11.7 Å². The molecule has 120 valence electrons. The van der Waals surface area contributed by atoms with Crippen molar-refractivity contribution >= 4 is 11.6 Å². The van der Waals surface area contributed by atoms with Crippen molar-refractivity contribution in [3.8, 4) is 0 Å². The number of nitrogens with one attached hydrogen (secondary N) is 3. The van der Waals surface area contributed by atoms with Gasteiger partial charge in [0.25, 0.3) is 5.91 Å². The average molecular weight is 313 g/mol. The lowest BCUT2D eigenvalue weighted by molar-refractivity contribution is -0.137. The van der Waals surface area contributed by atoms with Crippen LogP contribution in [0.25, 0.3) is 0 Å². The van der Waals surface area contributed by atoms with Crippen LogP contribution in [-0.4, -0.2) is 12.5 Å². The molecular weight excluding hydrogens is 295 g/mol. The molecule has 0 aliphatic heterocycles. The van der Waals surface area contributed by atoms with Crippen LogP contribution in [-0.2, 0) is 11.0 Å². The van der Waals surface area contributed by atoms with Crippen LogP contribution in [0.2, 0.25) is 0 Å². The Bertz CT molecular complexity index is 555. The Morgan fingerprint density at radius 1 is 1.23 bits per heavy atom. The molecule has 0 heterocycles. The molecule has 22 heavy (non-hydrogen) atoms. The Morgan fingerprint density at radius 2 is 2.05 bits per heavy atom. The molecule has 0 unspecified atom stereocenters. The number of carbonyl (C=O) groups excluding carboxylic acids is 1. The molecule has 0 saturated carbocycles. The standard InChI is InChI=1S/C15H18F3N3O/c16-15(17,18)11-5-4-8-13(9-11)19-10-14(22)21-20-12-6-2-1-3-7-12/h4-6,8-9,19-20H,1-3,7,10H2,(H,21,22). The number of hydrazine groups is 1. The molecule has 0 atom stereocenters. The fourth-order valence-electron chi connectivity index (χ4n) is 2.13. The van der Waals surface area contributed by atoms with E-state index in [-0.39, 0.29) is 18.1 Å². The van der Waals surface area contributed by atoms with Crippen molar-refractivity contribution in [1.29, 1.82) is 0 Å². The predicted molar refractivity (Wildman–Crippen MR) is 77.8 cm³/mol. The number of benzene rings is 1. The van der Waals surface area contributed by atoms with E-state index in [0.29, 0.717) is 0 Å². The highest BCUT2D eigenvalue weighted by atomic mass is 19.4. The van der Waals surface area contributed by atoms with Gasteiger partial charge < -0.3 is 10.7 Å². The SMILES string of the molecule is O=C(CNc1cccc(C(F)(F)F)c1)NNC1=CCCCC1. The van der Waals surface area contributed by atoms with E-state index in [1.807, 2.05) is 6.08 Å². The quantitative estimate of drug-likeness (QED) is 0.732. The van der Waals surface area contributed by atoms with Crippen LogP contribution in [0.1, 0.15) is 31.2 Å². The molecule has 1 aliphatic rings. The molecule has 0 spiro atoms. The van der Waals surface area contributed by atoms with Crippen molar-refractivity contribution in [2.24, 2.45) is 0 Å². The van der Waals surface area contributed by atoms with Gasteiger partial charge in [0, 0.05) is 11.4 Å². The van der Waals surface area contributed by atoms with Crippen molar-refractivity contribution in [3.63, 3.8) is 0 Å². The van der Waals surface area contributed by atoms with Crippen molar-refractivity contribution in [2.45, 2.75) is 31.9 Å². The maximum atomic E-state index is 12.6. The molecule has 4 nitrogen and oxygen atoms in total. The fourth-order valence-corrected chi connectivity index (χ4v) is 2.13. The smallest absolute Gasteiger partial charge is 0.376 e. The van der Waals surface area contributed by atoms with Gasteiger partial charge in [0.2, 0.25) is 0 Å². The first-order valence-corrected chi connectivity index (χ1v) is 7.10. The largest absolute Gasteiger partial charge is 0.416 e. The molecule has 3 N–H and O–H groups in total. The second-order valence-corrected chi connectivity index (χ2v) is 5.08. The number of hydrogen-bond donors (Lipinski definition) is 3. The molecule has 0 aromatic heterocycles. The monoisotopic (exact) mass is 313 g/mol. The number of alkyl halides is 3. The zero-order chi connectivity index (χ0) is 16.0. The zero-order valence-electron chi connectivity index (χ0n) is 12.0. The van der Waals surface area contributed by atoms with Crippen molar-refractivity contribution in [3.05, 3.63) is 41.6 Å². The number of rotatable bonds is 5. The second kappa shape index (κ2) is 7.20. The first-order valence-electron chi connectivity index (χ1n) is 7.10. The molecule has 1 amide bonds. The molecule has 1 aliphatic carbocycles. The number of anilines is 1.